The molecule has 0 aliphatic rings. The molecule has 0 spiro atoms. The van der Waals surface area contributed by atoms with Crippen molar-refractivity contribution in [1.82, 2.24) is 10.1 Å². The van der Waals surface area contributed by atoms with Gasteiger partial charge in [-0.2, -0.15) is 4.98 Å². The molecule has 0 aliphatic carbocycles. The fraction of sp³-hybridized carbons (Fsp3) is 0.111. The Balaban J connectivity index is 2.25. The van der Waals surface area contributed by atoms with Crippen molar-refractivity contribution in [3.63, 3.8) is 0 Å². The molecule has 1 aromatic heterocycles. The molecule has 94 valence electrons. The van der Waals surface area contributed by atoms with Crippen LogP contribution >= 0.6 is 15.9 Å². The van der Waals surface area contributed by atoms with Crippen molar-refractivity contribution in [2.24, 2.45) is 0 Å². The van der Waals surface area contributed by atoms with Crippen molar-refractivity contribution in [2.45, 2.75) is 6.54 Å². The van der Waals surface area contributed by atoms with Crippen LogP contribution in [0, 0.1) is 15.9 Å². The minimum Gasteiger partial charge on any atom is -0.372 e. The highest BCUT2D eigenvalue weighted by atomic mass is 79.9. The molecule has 0 bridgehead atoms. The number of rotatable bonds is 4. The second-order valence-corrected chi connectivity index (χ2v) is 4.10. The van der Waals surface area contributed by atoms with Crippen molar-refractivity contribution >= 4 is 27.3 Å². The van der Waals surface area contributed by atoms with Gasteiger partial charge in [-0.05, 0) is 22.0 Å². The van der Waals surface area contributed by atoms with Crippen LogP contribution in [0.3, 0.4) is 0 Å². The highest BCUT2D eigenvalue weighted by Crippen LogP contribution is 2.30. The van der Waals surface area contributed by atoms with E-state index in [-0.39, 0.29) is 22.4 Å². The van der Waals surface area contributed by atoms with Crippen LogP contribution in [0.4, 0.5) is 15.8 Å². The third-order valence-electron chi connectivity index (χ3n) is 2.08. The van der Waals surface area contributed by atoms with Gasteiger partial charge in [0.05, 0.1) is 22.0 Å². The van der Waals surface area contributed by atoms with E-state index in [2.05, 4.69) is 35.9 Å². The van der Waals surface area contributed by atoms with Crippen molar-refractivity contribution in [3.8, 4) is 0 Å². The fourth-order valence-corrected chi connectivity index (χ4v) is 1.62. The number of benzene rings is 1. The van der Waals surface area contributed by atoms with E-state index >= 15 is 0 Å². The molecule has 0 atom stereocenters. The van der Waals surface area contributed by atoms with E-state index in [1.807, 2.05) is 0 Å². The van der Waals surface area contributed by atoms with Crippen LogP contribution in [0.25, 0.3) is 0 Å². The summed E-state index contributed by atoms with van der Waals surface area (Å²) in [6.45, 7) is 0.134. The third kappa shape index (κ3) is 2.62. The minimum atomic E-state index is -0.702. The van der Waals surface area contributed by atoms with E-state index in [0.29, 0.717) is 5.82 Å². The molecule has 0 fully saturated rings. The van der Waals surface area contributed by atoms with Crippen LogP contribution in [0.5, 0.6) is 0 Å². The zero-order chi connectivity index (χ0) is 13.1. The molecule has 7 nitrogen and oxygen atoms in total. The van der Waals surface area contributed by atoms with Gasteiger partial charge >= 0.3 is 0 Å². The lowest BCUT2D eigenvalue weighted by Crippen LogP contribution is -2.04. The Kier molecular flexibility index (Phi) is 3.51. The zero-order valence-electron chi connectivity index (χ0n) is 8.76. The van der Waals surface area contributed by atoms with Gasteiger partial charge in [0, 0.05) is 0 Å². The van der Waals surface area contributed by atoms with Gasteiger partial charge in [-0.15, -0.1) is 0 Å². The van der Waals surface area contributed by atoms with E-state index in [1.54, 1.807) is 0 Å². The molecule has 1 N–H and O–H groups in total. The van der Waals surface area contributed by atoms with Crippen molar-refractivity contribution < 1.29 is 13.8 Å². The first kappa shape index (κ1) is 12.4. The van der Waals surface area contributed by atoms with Gasteiger partial charge in [0.15, 0.2) is 5.82 Å². The van der Waals surface area contributed by atoms with Gasteiger partial charge in [-0.3, -0.25) is 10.1 Å². The molecule has 1 heterocycles. The molecule has 2 aromatic rings. The molecule has 1 aromatic carbocycles. The highest BCUT2D eigenvalue weighted by Gasteiger charge is 2.17. The number of nitrogens with zero attached hydrogens (tertiary/aromatic N) is 3. The molecular weight excluding hydrogens is 311 g/mol. The summed E-state index contributed by atoms with van der Waals surface area (Å²) in [5, 5.41) is 17.1. The van der Waals surface area contributed by atoms with Crippen LogP contribution in [-0.2, 0) is 6.54 Å². The highest BCUT2D eigenvalue weighted by molar-refractivity contribution is 9.10. The molecule has 18 heavy (non-hydrogen) atoms. The summed E-state index contributed by atoms with van der Waals surface area (Å²) in [5.41, 5.74) is -0.197. The summed E-state index contributed by atoms with van der Waals surface area (Å²) in [6, 6.07) is 2.12. The van der Waals surface area contributed by atoms with Gasteiger partial charge in [0.25, 0.3) is 5.69 Å². The lowest BCUT2D eigenvalue weighted by molar-refractivity contribution is -0.384. The molecule has 0 unspecified atom stereocenters. The van der Waals surface area contributed by atoms with E-state index in [1.165, 1.54) is 6.07 Å². The first-order chi connectivity index (χ1) is 8.58. The Hall–Kier alpha value is -2.03. The van der Waals surface area contributed by atoms with Crippen molar-refractivity contribution in [3.05, 3.63) is 44.8 Å². The number of hydrogen-bond donors (Lipinski definition) is 1. The van der Waals surface area contributed by atoms with Gasteiger partial charge in [0.2, 0.25) is 6.39 Å². The monoisotopic (exact) mass is 316 g/mol. The van der Waals surface area contributed by atoms with E-state index in [0.717, 1.165) is 12.5 Å². The number of nitro benzene ring substituents is 1. The summed E-state index contributed by atoms with van der Waals surface area (Å²) in [4.78, 5) is 13.9. The Morgan fingerprint density at radius 1 is 1.56 bits per heavy atom. The Morgan fingerprint density at radius 2 is 2.33 bits per heavy atom. The first-order valence-electron chi connectivity index (χ1n) is 4.70. The summed E-state index contributed by atoms with van der Waals surface area (Å²) >= 11 is 2.96. The van der Waals surface area contributed by atoms with Gasteiger partial charge in [-0.1, -0.05) is 5.16 Å². The Bertz CT molecular complexity index is 575. The average molecular weight is 317 g/mol. The topological polar surface area (TPSA) is 94.1 Å². The molecule has 0 saturated heterocycles. The van der Waals surface area contributed by atoms with E-state index in [9.17, 15) is 14.5 Å². The Morgan fingerprint density at radius 3 is 2.94 bits per heavy atom. The van der Waals surface area contributed by atoms with Crippen LogP contribution in [0.15, 0.2) is 27.5 Å². The Labute approximate surface area is 108 Å². The second kappa shape index (κ2) is 5.08. The van der Waals surface area contributed by atoms with Gasteiger partial charge < -0.3 is 9.84 Å². The molecule has 2 rings (SSSR count). The molecule has 0 amide bonds. The smallest absolute Gasteiger partial charge is 0.295 e. The van der Waals surface area contributed by atoms with Crippen LogP contribution < -0.4 is 5.32 Å². The molecular formula is C9H6BrFN4O3. The van der Waals surface area contributed by atoms with Crippen LogP contribution in [0.1, 0.15) is 5.82 Å². The van der Waals surface area contributed by atoms with Crippen molar-refractivity contribution in [1.29, 1.82) is 0 Å². The van der Waals surface area contributed by atoms with Crippen LogP contribution in [-0.4, -0.2) is 15.1 Å². The summed E-state index contributed by atoms with van der Waals surface area (Å²) in [5.74, 6) is -0.364. The fourth-order valence-electron chi connectivity index (χ4n) is 1.27. The standard InChI is InChI=1S/C9H6BrFN4O3/c10-5-1-7(8(15(16)17)2-6(5)11)12-3-9-13-4-18-14-9/h1-2,4,12H,3H2. The molecule has 0 radical (unpaired) electrons. The largest absolute Gasteiger partial charge is 0.372 e. The quantitative estimate of drug-likeness (QED) is 0.688. The predicted molar refractivity (Wildman–Crippen MR) is 62.4 cm³/mol. The minimum absolute atomic E-state index is 0.128. The SMILES string of the molecule is O=[N+]([O-])c1cc(F)c(Br)cc1NCc1ncon1. The maximum Gasteiger partial charge on any atom is 0.295 e. The average Bonchev–Trinajstić information content (AvgIpc) is 2.83. The summed E-state index contributed by atoms with van der Waals surface area (Å²) < 4.78 is 17.9. The van der Waals surface area contributed by atoms with E-state index in [4.69, 9.17) is 0 Å². The lowest BCUT2D eigenvalue weighted by Gasteiger charge is -2.06. The van der Waals surface area contributed by atoms with Crippen LogP contribution in [0.2, 0.25) is 0 Å². The molecule has 0 saturated carbocycles. The maximum absolute atomic E-state index is 13.2. The van der Waals surface area contributed by atoms with Crippen molar-refractivity contribution in [2.75, 3.05) is 5.32 Å². The number of aromatic nitrogens is 2. The van der Waals surface area contributed by atoms with Gasteiger partial charge in [-0.25, -0.2) is 4.39 Å². The predicted octanol–water partition coefficient (Wildman–Crippen LogP) is 2.49. The summed E-state index contributed by atoms with van der Waals surface area (Å²) in [6.07, 6.45) is 1.14. The number of nitrogens with one attached hydrogen (secondary N) is 1. The number of anilines is 1. The maximum atomic E-state index is 13.2. The number of hydrogen-bond acceptors (Lipinski definition) is 6. The summed E-state index contributed by atoms with van der Waals surface area (Å²) in [7, 11) is 0. The molecule has 0 aliphatic heterocycles. The number of halogens is 2. The van der Waals surface area contributed by atoms with Gasteiger partial charge in [0.1, 0.15) is 11.5 Å². The zero-order valence-corrected chi connectivity index (χ0v) is 10.3. The molecule has 9 heteroatoms. The lowest BCUT2D eigenvalue weighted by atomic mass is 10.2. The third-order valence-corrected chi connectivity index (χ3v) is 2.69. The normalized spacial score (nSPS) is 10.3. The van der Waals surface area contributed by atoms with E-state index < -0.39 is 10.7 Å². The first-order valence-corrected chi connectivity index (χ1v) is 5.50. The number of nitro groups is 1. The second-order valence-electron chi connectivity index (χ2n) is 3.24.